The second-order valence-electron chi connectivity index (χ2n) is 5.36. The van der Waals surface area contributed by atoms with Gasteiger partial charge in [0, 0.05) is 26.3 Å². The molecule has 1 amide bonds. The summed E-state index contributed by atoms with van der Waals surface area (Å²) in [7, 11) is 4.12. The van der Waals surface area contributed by atoms with Crippen molar-refractivity contribution in [3.8, 4) is 0 Å². The van der Waals surface area contributed by atoms with E-state index in [1.54, 1.807) is 0 Å². The summed E-state index contributed by atoms with van der Waals surface area (Å²) in [6, 6.07) is 0. The molecule has 1 rings (SSSR count). The maximum absolute atomic E-state index is 12.2. The summed E-state index contributed by atoms with van der Waals surface area (Å²) in [6.07, 6.45) is 3.60. The molecule has 1 aliphatic heterocycles. The van der Waals surface area contributed by atoms with Crippen molar-refractivity contribution in [2.24, 2.45) is 11.1 Å². The normalized spacial score (nSPS) is 18.9. The van der Waals surface area contributed by atoms with Gasteiger partial charge in [0.1, 0.15) is 0 Å². The highest BCUT2D eigenvalue weighted by molar-refractivity contribution is 5.83. The number of hydrogen-bond donors (Lipinski definition) is 2. The van der Waals surface area contributed by atoms with Gasteiger partial charge in [-0.25, -0.2) is 0 Å². The first kappa shape index (κ1) is 15.4. The van der Waals surface area contributed by atoms with Gasteiger partial charge in [0.2, 0.25) is 5.91 Å². The largest absolute Gasteiger partial charge is 0.381 e. The third-order valence-corrected chi connectivity index (χ3v) is 3.64. The summed E-state index contributed by atoms with van der Waals surface area (Å²) < 4.78 is 5.31. The summed E-state index contributed by atoms with van der Waals surface area (Å²) >= 11 is 0. The van der Waals surface area contributed by atoms with Crippen LogP contribution < -0.4 is 11.1 Å². The number of nitrogens with one attached hydrogen (secondary N) is 1. The Hall–Kier alpha value is -0.650. The van der Waals surface area contributed by atoms with Gasteiger partial charge in [0.25, 0.3) is 0 Å². The fourth-order valence-corrected chi connectivity index (χ4v) is 2.23. The smallest absolute Gasteiger partial charge is 0.227 e. The molecule has 0 atom stereocenters. The first-order valence-corrected chi connectivity index (χ1v) is 6.81. The quantitative estimate of drug-likeness (QED) is 0.639. The van der Waals surface area contributed by atoms with E-state index >= 15 is 0 Å². The van der Waals surface area contributed by atoms with Crippen molar-refractivity contribution >= 4 is 5.91 Å². The minimum Gasteiger partial charge on any atom is -0.381 e. The predicted octanol–water partition coefficient (Wildman–Crippen LogP) is 0.200. The number of carbonyl (C=O) groups is 1. The van der Waals surface area contributed by atoms with Crippen LogP contribution in [0, 0.1) is 5.41 Å². The third-order valence-electron chi connectivity index (χ3n) is 3.64. The molecule has 0 aromatic rings. The average Bonchev–Trinajstić information content (AvgIpc) is 2.38. The van der Waals surface area contributed by atoms with Crippen LogP contribution in [0.1, 0.15) is 25.7 Å². The third kappa shape index (κ3) is 4.55. The van der Waals surface area contributed by atoms with Crippen LogP contribution in [0.25, 0.3) is 0 Å². The minimum absolute atomic E-state index is 0.109. The van der Waals surface area contributed by atoms with Gasteiger partial charge in [-0.2, -0.15) is 0 Å². The van der Waals surface area contributed by atoms with Gasteiger partial charge in [0.15, 0.2) is 0 Å². The Morgan fingerprint density at radius 2 is 2.00 bits per heavy atom. The standard InChI is InChI=1S/C13H27N3O2/c1-16(2)8-4-3-7-15-12(17)13(11-14)5-9-18-10-6-13/h3-11,14H2,1-2H3,(H,15,17). The average molecular weight is 257 g/mol. The van der Waals surface area contributed by atoms with Crippen molar-refractivity contribution in [3.05, 3.63) is 0 Å². The molecule has 1 saturated heterocycles. The molecule has 5 heteroatoms. The molecule has 0 aliphatic carbocycles. The van der Waals surface area contributed by atoms with E-state index < -0.39 is 0 Å². The van der Waals surface area contributed by atoms with E-state index in [9.17, 15) is 4.79 Å². The van der Waals surface area contributed by atoms with Crippen LogP contribution in [0.5, 0.6) is 0 Å². The van der Waals surface area contributed by atoms with Gasteiger partial charge in [-0.05, 0) is 46.3 Å². The highest BCUT2D eigenvalue weighted by Crippen LogP contribution is 2.29. The van der Waals surface area contributed by atoms with E-state index in [4.69, 9.17) is 10.5 Å². The molecule has 5 nitrogen and oxygen atoms in total. The molecule has 0 saturated carbocycles. The fraction of sp³-hybridized carbons (Fsp3) is 0.923. The number of nitrogens with two attached hydrogens (primary N) is 1. The van der Waals surface area contributed by atoms with Crippen LogP contribution in [-0.2, 0) is 9.53 Å². The lowest BCUT2D eigenvalue weighted by Crippen LogP contribution is -2.49. The Morgan fingerprint density at radius 3 is 2.56 bits per heavy atom. The summed E-state index contributed by atoms with van der Waals surface area (Å²) in [6.45, 7) is 3.51. The van der Waals surface area contributed by atoms with Crippen molar-refractivity contribution in [1.29, 1.82) is 0 Å². The molecule has 0 aromatic heterocycles. The van der Waals surface area contributed by atoms with E-state index in [1.165, 1.54) is 0 Å². The topological polar surface area (TPSA) is 67.6 Å². The number of ether oxygens (including phenoxy) is 1. The van der Waals surface area contributed by atoms with Gasteiger partial charge in [-0.15, -0.1) is 0 Å². The van der Waals surface area contributed by atoms with Crippen LogP contribution in [0.15, 0.2) is 0 Å². The van der Waals surface area contributed by atoms with Gasteiger partial charge in [0.05, 0.1) is 5.41 Å². The Bertz CT molecular complexity index is 251. The highest BCUT2D eigenvalue weighted by Gasteiger charge is 2.38. The van der Waals surface area contributed by atoms with Crippen LogP contribution >= 0.6 is 0 Å². The second-order valence-corrected chi connectivity index (χ2v) is 5.36. The van der Waals surface area contributed by atoms with Crippen molar-refractivity contribution in [1.82, 2.24) is 10.2 Å². The molecule has 0 aromatic carbocycles. The Kier molecular flexibility index (Phi) is 6.60. The maximum atomic E-state index is 12.2. The van der Waals surface area contributed by atoms with Crippen LogP contribution in [0.2, 0.25) is 0 Å². The molecular weight excluding hydrogens is 230 g/mol. The molecule has 0 spiro atoms. The van der Waals surface area contributed by atoms with Crippen LogP contribution in [0.4, 0.5) is 0 Å². The van der Waals surface area contributed by atoms with E-state index in [-0.39, 0.29) is 11.3 Å². The summed E-state index contributed by atoms with van der Waals surface area (Å²) in [4.78, 5) is 14.3. The van der Waals surface area contributed by atoms with Crippen molar-refractivity contribution < 1.29 is 9.53 Å². The minimum atomic E-state index is -0.389. The Balaban J connectivity index is 2.25. The Labute approximate surface area is 110 Å². The van der Waals surface area contributed by atoms with Crippen LogP contribution in [0.3, 0.4) is 0 Å². The monoisotopic (exact) mass is 257 g/mol. The van der Waals surface area contributed by atoms with Crippen molar-refractivity contribution in [3.63, 3.8) is 0 Å². The van der Waals surface area contributed by atoms with Gasteiger partial charge < -0.3 is 20.7 Å². The molecule has 18 heavy (non-hydrogen) atoms. The second kappa shape index (κ2) is 7.71. The van der Waals surface area contributed by atoms with Crippen LogP contribution in [-0.4, -0.2) is 57.8 Å². The zero-order valence-electron chi connectivity index (χ0n) is 11.7. The first-order valence-electron chi connectivity index (χ1n) is 6.81. The summed E-state index contributed by atoms with van der Waals surface area (Å²) in [5.41, 5.74) is 5.40. The van der Waals surface area contributed by atoms with E-state index in [0.29, 0.717) is 19.8 Å². The molecule has 1 fully saturated rings. The number of hydrogen-bond acceptors (Lipinski definition) is 4. The lowest BCUT2D eigenvalue weighted by atomic mass is 9.79. The zero-order valence-corrected chi connectivity index (χ0v) is 11.7. The molecule has 0 unspecified atom stereocenters. The number of carbonyl (C=O) groups excluding carboxylic acids is 1. The van der Waals surface area contributed by atoms with Gasteiger partial charge in [-0.1, -0.05) is 0 Å². The lowest BCUT2D eigenvalue weighted by Gasteiger charge is -2.34. The number of amides is 1. The van der Waals surface area contributed by atoms with E-state index in [1.807, 2.05) is 0 Å². The van der Waals surface area contributed by atoms with Crippen molar-refractivity contribution in [2.75, 3.05) is 46.9 Å². The van der Waals surface area contributed by atoms with E-state index in [2.05, 4.69) is 24.3 Å². The number of rotatable bonds is 7. The van der Waals surface area contributed by atoms with E-state index in [0.717, 1.165) is 38.8 Å². The molecule has 3 N–H and O–H groups in total. The zero-order chi connectivity index (χ0) is 13.4. The Morgan fingerprint density at radius 1 is 1.33 bits per heavy atom. The lowest BCUT2D eigenvalue weighted by molar-refractivity contribution is -0.135. The molecule has 0 radical (unpaired) electrons. The SMILES string of the molecule is CN(C)CCCCNC(=O)C1(CN)CCOCC1. The molecule has 0 bridgehead atoms. The van der Waals surface area contributed by atoms with Crippen molar-refractivity contribution in [2.45, 2.75) is 25.7 Å². The maximum Gasteiger partial charge on any atom is 0.227 e. The first-order chi connectivity index (χ1) is 8.60. The fourth-order valence-electron chi connectivity index (χ4n) is 2.23. The summed E-state index contributed by atoms with van der Waals surface area (Å²) in [5.74, 6) is 0.109. The molecular formula is C13H27N3O2. The molecule has 1 heterocycles. The molecule has 106 valence electrons. The number of unbranched alkanes of at least 4 members (excludes halogenated alkanes) is 1. The predicted molar refractivity (Wildman–Crippen MR) is 72.3 cm³/mol. The summed E-state index contributed by atoms with van der Waals surface area (Å²) in [5, 5.41) is 3.02. The number of nitrogens with zero attached hydrogens (tertiary/aromatic N) is 1. The van der Waals surface area contributed by atoms with Gasteiger partial charge >= 0.3 is 0 Å². The highest BCUT2D eigenvalue weighted by atomic mass is 16.5. The molecule has 1 aliphatic rings. The van der Waals surface area contributed by atoms with Gasteiger partial charge in [-0.3, -0.25) is 4.79 Å².